The van der Waals surface area contributed by atoms with E-state index in [0.29, 0.717) is 18.8 Å². The molecule has 0 spiro atoms. The highest BCUT2D eigenvalue weighted by molar-refractivity contribution is 5.80. The summed E-state index contributed by atoms with van der Waals surface area (Å²) < 4.78 is 0. The lowest BCUT2D eigenvalue weighted by molar-refractivity contribution is -0.141. The number of amides is 1. The van der Waals surface area contributed by atoms with Crippen LogP contribution in [0.1, 0.15) is 44.9 Å². The monoisotopic (exact) mass is 251 g/mol. The lowest BCUT2D eigenvalue weighted by atomic mass is 9.88. The Morgan fingerprint density at radius 3 is 2.39 bits per heavy atom. The summed E-state index contributed by atoms with van der Waals surface area (Å²) in [4.78, 5) is 23.1. The highest BCUT2D eigenvalue weighted by Crippen LogP contribution is 2.48. The third-order valence-corrected chi connectivity index (χ3v) is 5.20. The zero-order chi connectivity index (χ0) is 12.7. The van der Waals surface area contributed by atoms with Crippen molar-refractivity contribution in [3.8, 4) is 0 Å². The number of hydrogen-bond donors (Lipinski definition) is 2. The molecule has 18 heavy (non-hydrogen) atoms. The van der Waals surface area contributed by atoms with Crippen LogP contribution in [-0.2, 0) is 9.59 Å². The molecule has 5 atom stereocenters. The summed E-state index contributed by atoms with van der Waals surface area (Å²) in [5, 5.41) is 12.0. The van der Waals surface area contributed by atoms with Crippen LogP contribution in [0.25, 0.3) is 0 Å². The van der Waals surface area contributed by atoms with Gasteiger partial charge in [-0.2, -0.15) is 0 Å². The number of aliphatic carboxylic acids is 1. The Kier molecular flexibility index (Phi) is 3.04. The maximum Gasteiger partial charge on any atom is 0.306 e. The maximum atomic E-state index is 12.2. The average molecular weight is 251 g/mol. The van der Waals surface area contributed by atoms with Crippen molar-refractivity contribution >= 4 is 11.9 Å². The molecule has 3 aliphatic carbocycles. The fraction of sp³-hybridized carbons (Fsp3) is 0.857. The first-order chi connectivity index (χ1) is 8.63. The summed E-state index contributed by atoms with van der Waals surface area (Å²) in [5.74, 6) is 0.820. The topological polar surface area (TPSA) is 66.4 Å². The van der Waals surface area contributed by atoms with Crippen molar-refractivity contribution in [1.82, 2.24) is 5.32 Å². The van der Waals surface area contributed by atoms with Crippen molar-refractivity contribution < 1.29 is 14.7 Å². The first-order valence-electron chi connectivity index (χ1n) is 7.16. The molecule has 4 nitrogen and oxygen atoms in total. The molecule has 0 aromatic carbocycles. The third-order valence-electron chi connectivity index (χ3n) is 5.20. The van der Waals surface area contributed by atoms with Crippen LogP contribution in [0, 0.1) is 23.7 Å². The van der Waals surface area contributed by atoms with E-state index in [4.69, 9.17) is 5.11 Å². The van der Waals surface area contributed by atoms with Crippen molar-refractivity contribution in [3.63, 3.8) is 0 Å². The van der Waals surface area contributed by atoms with Gasteiger partial charge in [-0.25, -0.2) is 0 Å². The smallest absolute Gasteiger partial charge is 0.306 e. The van der Waals surface area contributed by atoms with Gasteiger partial charge in [-0.1, -0.05) is 6.42 Å². The van der Waals surface area contributed by atoms with Gasteiger partial charge in [-0.3, -0.25) is 9.59 Å². The zero-order valence-corrected chi connectivity index (χ0v) is 10.6. The van der Waals surface area contributed by atoms with E-state index in [-0.39, 0.29) is 23.8 Å². The van der Waals surface area contributed by atoms with Crippen LogP contribution >= 0.6 is 0 Å². The van der Waals surface area contributed by atoms with Crippen molar-refractivity contribution in [2.75, 3.05) is 0 Å². The molecule has 2 bridgehead atoms. The number of carboxylic acid groups (broad SMARTS) is 1. The normalized spacial score (nSPS) is 42.1. The number of carbonyl (C=O) groups excluding carboxylic acids is 1. The lowest BCUT2D eigenvalue weighted by Gasteiger charge is -2.23. The van der Waals surface area contributed by atoms with Crippen LogP contribution in [0.5, 0.6) is 0 Å². The second-order valence-corrected chi connectivity index (χ2v) is 6.34. The molecule has 3 rings (SSSR count). The molecule has 0 aromatic rings. The number of carbonyl (C=O) groups is 2. The summed E-state index contributed by atoms with van der Waals surface area (Å²) in [6, 6.07) is 0.0951. The predicted octanol–water partition coefficient (Wildman–Crippen LogP) is 1.79. The fourth-order valence-corrected chi connectivity index (χ4v) is 4.21. The maximum absolute atomic E-state index is 12.2. The molecule has 0 radical (unpaired) electrons. The molecule has 0 saturated heterocycles. The minimum Gasteiger partial charge on any atom is -0.481 e. The number of fused-ring (bicyclic) bond motifs is 2. The van der Waals surface area contributed by atoms with Gasteiger partial charge in [0.15, 0.2) is 0 Å². The van der Waals surface area contributed by atoms with E-state index >= 15 is 0 Å². The third kappa shape index (κ3) is 2.13. The molecular weight excluding hydrogens is 230 g/mol. The number of carboxylic acids is 1. The van der Waals surface area contributed by atoms with Crippen molar-refractivity contribution in [2.45, 2.75) is 51.0 Å². The number of hydrogen-bond acceptors (Lipinski definition) is 2. The largest absolute Gasteiger partial charge is 0.481 e. The zero-order valence-electron chi connectivity index (χ0n) is 10.6. The lowest BCUT2D eigenvalue weighted by Crippen LogP contribution is -2.39. The number of rotatable bonds is 3. The van der Waals surface area contributed by atoms with E-state index in [1.807, 2.05) is 0 Å². The quantitative estimate of drug-likeness (QED) is 0.803. The molecule has 1 amide bonds. The Bertz CT molecular complexity index is 368. The molecule has 3 fully saturated rings. The molecule has 0 aromatic heterocycles. The molecular formula is C14H21NO3. The highest BCUT2D eigenvalue weighted by atomic mass is 16.4. The second-order valence-electron chi connectivity index (χ2n) is 6.34. The van der Waals surface area contributed by atoms with Crippen molar-refractivity contribution in [1.29, 1.82) is 0 Å². The van der Waals surface area contributed by atoms with Gasteiger partial charge >= 0.3 is 5.97 Å². The SMILES string of the molecule is O=C(O)C1CCC(NC(=O)C2CC3CCC2C3)C1. The van der Waals surface area contributed by atoms with E-state index in [1.54, 1.807) is 0 Å². The molecule has 5 unspecified atom stereocenters. The second kappa shape index (κ2) is 4.56. The summed E-state index contributed by atoms with van der Waals surface area (Å²) >= 11 is 0. The summed E-state index contributed by atoms with van der Waals surface area (Å²) in [7, 11) is 0. The van der Waals surface area contributed by atoms with E-state index < -0.39 is 5.97 Å². The van der Waals surface area contributed by atoms with E-state index in [1.165, 1.54) is 19.3 Å². The van der Waals surface area contributed by atoms with Gasteiger partial charge in [0.2, 0.25) is 5.91 Å². The Morgan fingerprint density at radius 1 is 1.00 bits per heavy atom. The average Bonchev–Trinajstić information content (AvgIpc) is 3.03. The standard InChI is InChI=1S/C14H21NO3/c16-13(12-6-8-1-2-9(12)5-8)15-11-4-3-10(7-11)14(17)18/h8-12H,1-7H2,(H,15,16)(H,17,18). The highest BCUT2D eigenvalue weighted by Gasteiger charge is 2.43. The summed E-state index contributed by atoms with van der Waals surface area (Å²) in [6.07, 6.45) is 6.96. The van der Waals surface area contributed by atoms with Crippen LogP contribution < -0.4 is 5.32 Å². The predicted molar refractivity (Wildman–Crippen MR) is 65.8 cm³/mol. The van der Waals surface area contributed by atoms with E-state index in [0.717, 1.165) is 18.8 Å². The van der Waals surface area contributed by atoms with Gasteiger partial charge in [0.25, 0.3) is 0 Å². The Labute approximate surface area is 107 Å². The first-order valence-corrected chi connectivity index (χ1v) is 7.16. The molecule has 0 aliphatic heterocycles. The van der Waals surface area contributed by atoms with Gasteiger partial charge in [0, 0.05) is 12.0 Å². The number of nitrogens with one attached hydrogen (secondary N) is 1. The molecule has 100 valence electrons. The Morgan fingerprint density at radius 2 is 1.83 bits per heavy atom. The van der Waals surface area contributed by atoms with Gasteiger partial charge in [0.1, 0.15) is 0 Å². The van der Waals surface area contributed by atoms with Crippen LogP contribution in [0.4, 0.5) is 0 Å². The first kappa shape index (κ1) is 12.0. The van der Waals surface area contributed by atoms with Gasteiger partial charge in [0.05, 0.1) is 5.92 Å². The van der Waals surface area contributed by atoms with Gasteiger partial charge in [-0.05, 0) is 50.4 Å². The summed E-state index contributed by atoms with van der Waals surface area (Å²) in [5.41, 5.74) is 0. The minimum absolute atomic E-state index is 0.0951. The Balaban J connectivity index is 1.51. The fourth-order valence-electron chi connectivity index (χ4n) is 4.21. The van der Waals surface area contributed by atoms with Crippen LogP contribution in [0.3, 0.4) is 0 Å². The van der Waals surface area contributed by atoms with Crippen LogP contribution in [0.15, 0.2) is 0 Å². The molecule has 3 aliphatic rings. The van der Waals surface area contributed by atoms with Crippen molar-refractivity contribution in [2.24, 2.45) is 23.7 Å². The Hall–Kier alpha value is -1.06. The van der Waals surface area contributed by atoms with Gasteiger partial charge < -0.3 is 10.4 Å². The summed E-state index contributed by atoms with van der Waals surface area (Å²) in [6.45, 7) is 0. The van der Waals surface area contributed by atoms with Crippen molar-refractivity contribution in [3.05, 3.63) is 0 Å². The molecule has 0 heterocycles. The minimum atomic E-state index is -0.716. The molecule has 2 N–H and O–H groups in total. The molecule has 4 heteroatoms. The van der Waals surface area contributed by atoms with E-state index in [9.17, 15) is 9.59 Å². The van der Waals surface area contributed by atoms with E-state index in [2.05, 4.69) is 5.32 Å². The van der Waals surface area contributed by atoms with Gasteiger partial charge in [-0.15, -0.1) is 0 Å². The van der Waals surface area contributed by atoms with Crippen LogP contribution in [-0.4, -0.2) is 23.0 Å². The van der Waals surface area contributed by atoms with Crippen LogP contribution in [0.2, 0.25) is 0 Å². The molecule has 3 saturated carbocycles.